The molecule has 0 aromatic carbocycles. The van der Waals surface area contributed by atoms with Crippen LogP contribution in [0.5, 0.6) is 0 Å². The van der Waals surface area contributed by atoms with Gasteiger partial charge in [-0.3, -0.25) is 15.1 Å². The number of carbonyl (C=O) groups is 1. The van der Waals surface area contributed by atoms with Gasteiger partial charge in [0.15, 0.2) is 0 Å². The predicted octanol–water partition coefficient (Wildman–Crippen LogP) is 1.34. The number of hydrogen-bond acceptors (Lipinski definition) is 4. The van der Waals surface area contributed by atoms with Gasteiger partial charge in [0.2, 0.25) is 5.91 Å². The van der Waals surface area contributed by atoms with Crippen molar-refractivity contribution in [2.75, 3.05) is 7.05 Å². The molecule has 0 saturated carbocycles. The molecule has 3 N–H and O–H groups in total. The van der Waals surface area contributed by atoms with E-state index in [1.54, 1.807) is 11.3 Å². The fourth-order valence-electron chi connectivity index (χ4n) is 1.46. The molecule has 5 heteroatoms. The molecule has 0 radical (unpaired) electrons. The molecular weight excluding hydrogens is 222 g/mol. The number of hydrogen-bond donors (Lipinski definition) is 2. The smallest absolute Gasteiger partial charge is 0.233 e. The van der Waals surface area contributed by atoms with E-state index in [0.29, 0.717) is 12.5 Å². The van der Waals surface area contributed by atoms with Gasteiger partial charge in [-0.05, 0) is 42.8 Å². The molecule has 1 rings (SSSR count). The molecule has 0 aliphatic rings. The van der Waals surface area contributed by atoms with Crippen molar-refractivity contribution in [1.82, 2.24) is 10.3 Å². The molecule has 16 heavy (non-hydrogen) atoms. The van der Waals surface area contributed by atoms with Crippen LogP contribution in [0.25, 0.3) is 0 Å². The summed E-state index contributed by atoms with van der Waals surface area (Å²) >= 11 is 1.71. The lowest BCUT2D eigenvalue weighted by molar-refractivity contribution is -0.121. The molecule has 0 aliphatic heterocycles. The summed E-state index contributed by atoms with van der Waals surface area (Å²) in [4.78, 5) is 13.2. The third-order valence-electron chi connectivity index (χ3n) is 2.71. The average Bonchev–Trinajstić information content (AvgIpc) is 2.77. The van der Waals surface area contributed by atoms with Crippen LogP contribution >= 0.6 is 11.3 Å². The predicted molar refractivity (Wildman–Crippen MR) is 66.8 cm³/mol. The first-order valence-electron chi connectivity index (χ1n) is 5.34. The maximum atomic E-state index is 11.0. The van der Waals surface area contributed by atoms with Crippen LogP contribution in [0, 0.1) is 0 Å². The second-order valence-electron chi connectivity index (χ2n) is 4.00. The van der Waals surface area contributed by atoms with Crippen molar-refractivity contribution in [3.8, 4) is 0 Å². The number of carbonyl (C=O) groups excluding carboxylic acids is 1. The third-order valence-corrected chi connectivity index (χ3v) is 3.45. The van der Waals surface area contributed by atoms with Gasteiger partial charge in [-0.1, -0.05) is 0 Å². The van der Waals surface area contributed by atoms with E-state index < -0.39 is 0 Å². The van der Waals surface area contributed by atoms with E-state index >= 15 is 0 Å². The quantitative estimate of drug-likeness (QED) is 0.449. The zero-order valence-corrected chi connectivity index (χ0v) is 10.6. The van der Waals surface area contributed by atoms with Crippen molar-refractivity contribution in [1.29, 1.82) is 0 Å². The molecule has 0 spiro atoms. The SMILES string of the molecule is CC(CCC(=O)NN)N(C)Cc1ccsc1. The van der Waals surface area contributed by atoms with Crippen molar-refractivity contribution >= 4 is 17.2 Å². The van der Waals surface area contributed by atoms with Crippen molar-refractivity contribution < 1.29 is 4.79 Å². The number of amides is 1. The van der Waals surface area contributed by atoms with E-state index in [0.717, 1.165) is 13.0 Å². The molecular formula is C11H19N3OS. The molecule has 1 amide bonds. The van der Waals surface area contributed by atoms with Crippen LogP contribution in [-0.4, -0.2) is 23.9 Å². The minimum Gasteiger partial charge on any atom is -0.299 e. The van der Waals surface area contributed by atoms with Gasteiger partial charge in [0, 0.05) is 19.0 Å². The average molecular weight is 241 g/mol. The zero-order chi connectivity index (χ0) is 12.0. The highest BCUT2D eigenvalue weighted by molar-refractivity contribution is 7.07. The summed E-state index contributed by atoms with van der Waals surface area (Å²) in [5.41, 5.74) is 3.47. The normalized spacial score (nSPS) is 12.8. The Hall–Kier alpha value is -0.910. The molecule has 0 saturated heterocycles. The molecule has 0 aliphatic carbocycles. The number of nitrogens with one attached hydrogen (secondary N) is 1. The number of hydrazine groups is 1. The summed E-state index contributed by atoms with van der Waals surface area (Å²) in [6.07, 6.45) is 1.30. The Balaban J connectivity index is 2.30. The Morgan fingerprint density at radius 2 is 2.44 bits per heavy atom. The molecule has 0 bridgehead atoms. The van der Waals surface area contributed by atoms with Crippen LogP contribution in [0.1, 0.15) is 25.3 Å². The first-order chi connectivity index (χ1) is 7.63. The van der Waals surface area contributed by atoms with Gasteiger partial charge in [-0.25, -0.2) is 5.84 Å². The minimum atomic E-state index is -0.101. The van der Waals surface area contributed by atoms with Gasteiger partial charge in [0.1, 0.15) is 0 Å². The Morgan fingerprint density at radius 3 is 3.00 bits per heavy atom. The van der Waals surface area contributed by atoms with Crippen LogP contribution in [0.3, 0.4) is 0 Å². The molecule has 1 atom stereocenters. The second-order valence-corrected chi connectivity index (χ2v) is 4.78. The van der Waals surface area contributed by atoms with Gasteiger partial charge in [0.25, 0.3) is 0 Å². The standard InChI is InChI=1S/C11H19N3OS/c1-9(3-4-11(15)13-12)14(2)7-10-5-6-16-8-10/h5-6,8-9H,3-4,7,12H2,1-2H3,(H,13,15). The zero-order valence-electron chi connectivity index (χ0n) is 9.77. The number of thiophene rings is 1. The lowest BCUT2D eigenvalue weighted by Crippen LogP contribution is -2.33. The fraction of sp³-hybridized carbons (Fsp3) is 0.545. The second kappa shape index (κ2) is 6.62. The van der Waals surface area contributed by atoms with Gasteiger partial charge >= 0.3 is 0 Å². The minimum absolute atomic E-state index is 0.101. The first-order valence-corrected chi connectivity index (χ1v) is 6.28. The molecule has 0 fully saturated rings. The summed E-state index contributed by atoms with van der Waals surface area (Å²) in [6, 6.07) is 2.50. The van der Waals surface area contributed by atoms with Crippen LogP contribution in [0.15, 0.2) is 16.8 Å². The molecule has 1 aromatic heterocycles. The van der Waals surface area contributed by atoms with Crippen LogP contribution < -0.4 is 11.3 Å². The van der Waals surface area contributed by atoms with Crippen LogP contribution in [-0.2, 0) is 11.3 Å². The van der Waals surface area contributed by atoms with E-state index in [2.05, 4.69) is 41.1 Å². The van der Waals surface area contributed by atoms with Gasteiger partial charge in [0.05, 0.1) is 0 Å². The summed E-state index contributed by atoms with van der Waals surface area (Å²) in [5.74, 6) is 4.93. The van der Waals surface area contributed by atoms with Crippen LogP contribution in [0.4, 0.5) is 0 Å². The summed E-state index contributed by atoms with van der Waals surface area (Å²) in [6.45, 7) is 3.05. The van der Waals surface area contributed by atoms with Gasteiger partial charge < -0.3 is 0 Å². The van der Waals surface area contributed by atoms with Crippen molar-refractivity contribution in [3.63, 3.8) is 0 Å². The Labute approximate surface area is 100 Å². The number of rotatable bonds is 6. The van der Waals surface area contributed by atoms with Gasteiger partial charge in [-0.2, -0.15) is 11.3 Å². The van der Waals surface area contributed by atoms with Crippen molar-refractivity contribution in [2.24, 2.45) is 5.84 Å². The molecule has 1 aromatic rings. The summed E-state index contributed by atoms with van der Waals surface area (Å²) in [5, 5.41) is 4.23. The third kappa shape index (κ3) is 4.30. The first kappa shape index (κ1) is 13.2. The summed E-state index contributed by atoms with van der Waals surface area (Å²) in [7, 11) is 2.07. The van der Waals surface area contributed by atoms with E-state index in [9.17, 15) is 4.79 Å². The lowest BCUT2D eigenvalue weighted by Gasteiger charge is -2.23. The van der Waals surface area contributed by atoms with E-state index in [-0.39, 0.29) is 5.91 Å². The Morgan fingerprint density at radius 1 is 1.69 bits per heavy atom. The highest BCUT2D eigenvalue weighted by atomic mass is 32.1. The maximum absolute atomic E-state index is 11.0. The fourth-order valence-corrected chi connectivity index (χ4v) is 2.12. The monoisotopic (exact) mass is 241 g/mol. The molecule has 4 nitrogen and oxygen atoms in total. The summed E-state index contributed by atoms with van der Waals surface area (Å²) < 4.78 is 0. The van der Waals surface area contributed by atoms with Crippen LogP contribution in [0.2, 0.25) is 0 Å². The Bertz CT molecular complexity index is 313. The van der Waals surface area contributed by atoms with E-state index in [4.69, 9.17) is 5.84 Å². The van der Waals surface area contributed by atoms with Crippen molar-refractivity contribution in [3.05, 3.63) is 22.4 Å². The topological polar surface area (TPSA) is 58.4 Å². The maximum Gasteiger partial charge on any atom is 0.233 e. The number of nitrogens with zero attached hydrogens (tertiary/aromatic N) is 1. The highest BCUT2D eigenvalue weighted by Crippen LogP contribution is 2.12. The Kier molecular flexibility index (Phi) is 5.45. The van der Waals surface area contributed by atoms with E-state index in [1.165, 1.54) is 5.56 Å². The molecule has 1 heterocycles. The van der Waals surface area contributed by atoms with E-state index in [1.807, 2.05) is 0 Å². The number of nitrogens with two attached hydrogens (primary N) is 1. The van der Waals surface area contributed by atoms with Gasteiger partial charge in [-0.15, -0.1) is 0 Å². The molecule has 90 valence electrons. The van der Waals surface area contributed by atoms with Crippen molar-refractivity contribution in [2.45, 2.75) is 32.4 Å². The lowest BCUT2D eigenvalue weighted by atomic mass is 10.1. The largest absolute Gasteiger partial charge is 0.299 e. The molecule has 1 unspecified atom stereocenters. The highest BCUT2D eigenvalue weighted by Gasteiger charge is 2.11.